The van der Waals surface area contributed by atoms with Crippen molar-refractivity contribution < 1.29 is 0 Å². The van der Waals surface area contributed by atoms with Crippen LogP contribution in [-0.4, -0.2) is 16.3 Å². The van der Waals surface area contributed by atoms with Crippen molar-refractivity contribution in [3.05, 3.63) is 47.3 Å². The van der Waals surface area contributed by atoms with Crippen LogP contribution >= 0.6 is 0 Å². The zero-order valence-corrected chi connectivity index (χ0v) is 12.3. The van der Waals surface area contributed by atoms with Crippen LogP contribution in [0.4, 0.5) is 0 Å². The van der Waals surface area contributed by atoms with Crippen LogP contribution in [0.1, 0.15) is 43.5 Å². The molecule has 0 atom stereocenters. The molecule has 1 heterocycles. The first-order valence-electron chi connectivity index (χ1n) is 6.98. The first kappa shape index (κ1) is 13.8. The number of hydrogen-bond acceptors (Lipinski definition) is 2. The van der Waals surface area contributed by atoms with Gasteiger partial charge in [-0.25, -0.2) is 4.68 Å². The molecule has 0 amide bonds. The SMILES string of the molecule is CCNCc1cnn(-c2ccc(C(C)C)cc2)c1C. The molecule has 3 nitrogen and oxygen atoms in total. The number of aromatic nitrogens is 2. The smallest absolute Gasteiger partial charge is 0.0648 e. The highest BCUT2D eigenvalue weighted by Gasteiger charge is 2.08. The molecule has 0 fully saturated rings. The van der Waals surface area contributed by atoms with Crippen LogP contribution in [0.3, 0.4) is 0 Å². The first-order valence-corrected chi connectivity index (χ1v) is 6.98. The van der Waals surface area contributed by atoms with Gasteiger partial charge in [0.05, 0.1) is 11.9 Å². The average Bonchev–Trinajstić information content (AvgIpc) is 2.78. The molecule has 0 saturated heterocycles. The van der Waals surface area contributed by atoms with Gasteiger partial charge in [0, 0.05) is 17.8 Å². The zero-order valence-electron chi connectivity index (χ0n) is 12.3. The molecular weight excluding hydrogens is 234 g/mol. The fourth-order valence-electron chi connectivity index (χ4n) is 2.14. The number of nitrogens with one attached hydrogen (secondary N) is 1. The van der Waals surface area contributed by atoms with E-state index in [4.69, 9.17) is 0 Å². The minimum atomic E-state index is 0.567. The second-order valence-electron chi connectivity index (χ2n) is 5.19. The van der Waals surface area contributed by atoms with E-state index >= 15 is 0 Å². The molecule has 19 heavy (non-hydrogen) atoms. The Balaban J connectivity index is 2.24. The third-order valence-electron chi connectivity index (χ3n) is 3.48. The van der Waals surface area contributed by atoms with Gasteiger partial charge >= 0.3 is 0 Å². The third-order valence-corrected chi connectivity index (χ3v) is 3.48. The number of benzene rings is 1. The van der Waals surface area contributed by atoms with Crippen molar-refractivity contribution in [3.63, 3.8) is 0 Å². The maximum Gasteiger partial charge on any atom is 0.0648 e. The lowest BCUT2D eigenvalue weighted by Crippen LogP contribution is -2.12. The van der Waals surface area contributed by atoms with E-state index in [0.29, 0.717) is 5.92 Å². The molecule has 0 bridgehead atoms. The average molecular weight is 257 g/mol. The van der Waals surface area contributed by atoms with Crippen molar-refractivity contribution in [2.45, 2.75) is 40.2 Å². The van der Waals surface area contributed by atoms with Gasteiger partial charge in [-0.2, -0.15) is 5.10 Å². The van der Waals surface area contributed by atoms with E-state index in [1.807, 2.05) is 10.9 Å². The van der Waals surface area contributed by atoms with Gasteiger partial charge in [0.2, 0.25) is 0 Å². The zero-order chi connectivity index (χ0) is 13.8. The normalized spacial score (nSPS) is 11.2. The van der Waals surface area contributed by atoms with Crippen molar-refractivity contribution in [1.82, 2.24) is 15.1 Å². The van der Waals surface area contributed by atoms with E-state index in [1.54, 1.807) is 0 Å². The highest BCUT2D eigenvalue weighted by atomic mass is 15.3. The number of rotatable bonds is 5. The third kappa shape index (κ3) is 3.04. The Bertz CT molecular complexity index is 523. The fourth-order valence-corrected chi connectivity index (χ4v) is 2.14. The Morgan fingerprint density at radius 1 is 1.21 bits per heavy atom. The van der Waals surface area contributed by atoms with Gasteiger partial charge in [-0.15, -0.1) is 0 Å². The van der Waals surface area contributed by atoms with Gasteiger partial charge in [0.25, 0.3) is 0 Å². The molecule has 1 aromatic heterocycles. The van der Waals surface area contributed by atoms with Crippen LogP contribution in [0.2, 0.25) is 0 Å². The molecule has 3 heteroatoms. The minimum Gasteiger partial charge on any atom is -0.313 e. The fraction of sp³-hybridized carbons (Fsp3) is 0.438. The minimum absolute atomic E-state index is 0.567. The molecule has 102 valence electrons. The van der Waals surface area contributed by atoms with Gasteiger partial charge < -0.3 is 5.32 Å². The van der Waals surface area contributed by atoms with Crippen molar-refractivity contribution in [2.24, 2.45) is 0 Å². The van der Waals surface area contributed by atoms with Crippen molar-refractivity contribution >= 4 is 0 Å². The Morgan fingerprint density at radius 3 is 2.47 bits per heavy atom. The Labute approximate surface area is 115 Å². The molecule has 0 saturated carbocycles. The van der Waals surface area contributed by atoms with Crippen LogP contribution < -0.4 is 5.32 Å². The van der Waals surface area contributed by atoms with Crippen LogP contribution in [0.5, 0.6) is 0 Å². The quantitative estimate of drug-likeness (QED) is 0.889. The highest BCUT2D eigenvalue weighted by molar-refractivity contribution is 5.37. The molecular formula is C16H23N3. The van der Waals surface area contributed by atoms with E-state index in [2.05, 4.69) is 62.4 Å². The summed E-state index contributed by atoms with van der Waals surface area (Å²) in [6, 6.07) is 8.66. The molecule has 2 aromatic rings. The Hall–Kier alpha value is -1.61. The maximum atomic E-state index is 4.49. The Kier molecular flexibility index (Phi) is 4.38. The summed E-state index contributed by atoms with van der Waals surface area (Å²) >= 11 is 0. The Morgan fingerprint density at radius 2 is 1.89 bits per heavy atom. The molecule has 0 unspecified atom stereocenters. The van der Waals surface area contributed by atoms with Crippen LogP contribution in [0.15, 0.2) is 30.5 Å². The summed E-state index contributed by atoms with van der Waals surface area (Å²) in [6.45, 7) is 10.5. The van der Waals surface area contributed by atoms with Gasteiger partial charge in [0.15, 0.2) is 0 Å². The van der Waals surface area contributed by atoms with Crippen LogP contribution in [-0.2, 0) is 6.54 Å². The highest BCUT2D eigenvalue weighted by Crippen LogP contribution is 2.18. The summed E-state index contributed by atoms with van der Waals surface area (Å²) in [4.78, 5) is 0. The van der Waals surface area contributed by atoms with Crippen LogP contribution in [0, 0.1) is 6.92 Å². The molecule has 2 rings (SSSR count). The summed E-state index contributed by atoms with van der Waals surface area (Å²) in [6.07, 6.45) is 1.95. The molecule has 0 radical (unpaired) electrons. The van der Waals surface area contributed by atoms with Gasteiger partial charge in [-0.05, 0) is 37.1 Å². The van der Waals surface area contributed by atoms with Gasteiger partial charge in [-0.3, -0.25) is 0 Å². The number of nitrogens with zero attached hydrogens (tertiary/aromatic N) is 2. The van der Waals surface area contributed by atoms with E-state index in [0.717, 1.165) is 18.8 Å². The summed E-state index contributed by atoms with van der Waals surface area (Å²) in [7, 11) is 0. The van der Waals surface area contributed by atoms with E-state index in [-0.39, 0.29) is 0 Å². The molecule has 0 aliphatic heterocycles. The van der Waals surface area contributed by atoms with Crippen molar-refractivity contribution in [3.8, 4) is 5.69 Å². The van der Waals surface area contributed by atoms with E-state index < -0.39 is 0 Å². The maximum absolute atomic E-state index is 4.49. The van der Waals surface area contributed by atoms with Crippen molar-refractivity contribution in [1.29, 1.82) is 0 Å². The van der Waals surface area contributed by atoms with Crippen molar-refractivity contribution in [2.75, 3.05) is 6.54 Å². The summed E-state index contributed by atoms with van der Waals surface area (Å²) < 4.78 is 2.01. The van der Waals surface area contributed by atoms with E-state index in [1.165, 1.54) is 16.8 Å². The molecule has 0 aliphatic carbocycles. The predicted octanol–water partition coefficient (Wildman–Crippen LogP) is 3.41. The lowest BCUT2D eigenvalue weighted by Gasteiger charge is -2.09. The summed E-state index contributed by atoms with van der Waals surface area (Å²) in [5.74, 6) is 0.567. The first-order chi connectivity index (χ1) is 9.13. The lowest BCUT2D eigenvalue weighted by molar-refractivity contribution is 0.721. The lowest BCUT2D eigenvalue weighted by atomic mass is 10.0. The van der Waals surface area contributed by atoms with Crippen LogP contribution in [0.25, 0.3) is 5.69 Å². The second-order valence-corrected chi connectivity index (χ2v) is 5.19. The van der Waals surface area contributed by atoms with Gasteiger partial charge in [-0.1, -0.05) is 32.9 Å². The number of hydrogen-bond donors (Lipinski definition) is 1. The summed E-state index contributed by atoms with van der Waals surface area (Å²) in [5.41, 5.74) is 4.96. The predicted molar refractivity (Wildman–Crippen MR) is 79.8 cm³/mol. The monoisotopic (exact) mass is 257 g/mol. The van der Waals surface area contributed by atoms with Gasteiger partial charge in [0.1, 0.15) is 0 Å². The topological polar surface area (TPSA) is 29.9 Å². The second kappa shape index (κ2) is 6.02. The molecule has 1 aromatic carbocycles. The standard InChI is InChI=1S/C16H23N3/c1-5-17-10-15-11-18-19(13(15)4)16-8-6-14(7-9-16)12(2)3/h6-9,11-12,17H,5,10H2,1-4H3. The molecule has 0 aliphatic rings. The largest absolute Gasteiger partial charge is 0.313 e. The van der Waals surface area contributed by atoms with E-state index in [9.17, 15) is 0 Å². The molecule has 0 spiro atoms. The molecule has 1 N–H and O–H groups in total. The summed E-state index contributed by atoms with van der Waals surface area (Å²) in [5, 5.41) is 7.83.